The Bertz CT molecular complexity index is 320. The molecule has 1 aromatic rings. The summed E-state index contributed by atoms with van der Waals surface area (Å²) in [5, 5.41) is 0. The number of rotatable bonds is 8. The lowest BCUT2D eigenvalue weighted by atomic mass is 10.1. The molecule has 5 heteroatoms. The monoisotopic (exact) mass is 239 g/mol. The topological polar surface area (TPSA) is 69.4 Å². The van der Waals surface area contributed by atoms with Crippen LogP contribution in [0.2, 0.25) is 0 Å². The van der Waals surface area contributed by atoms with E-state index >= 15 is 0 Å². The number of nitrogens with two attached hydrogens (primary N) is 1. The van der Waals surface area contributed by atoms with E-state index in [0.717, 1.165) is 17.7 Å². The first-order valence-corrected chi connectivity index (χ1v) is 5.93. The van der Waals surface area contributed by atoms with E-state index in [2.05, 4.69) is 10.4 Å². The molecule has 1 rings (SSSR count). The molecule has 0 aliphatic heterocycles. The maximum absolute atomic E-state index is 5.54. The van der Waals surface area contributed by atoms with Crippen molar-refractivity contribution in [1.29, 1.82) is 0 Å². The van der Waals surface area contributed by atoms with E-state index in [4.69, 9.17) is 15.3 Å². The lowest BCUT2D eigenvalue weighted by Crippen LogP contribution is -2.29. The largest absolute Gasteiger partial charge is 0.492 e. The normalized spacial score (nSPS) is 12.4. The molecular formula is C12H21N3O2. The number of hydrogen-bond donors (Lipinski definition) is 2. The number of nitrogens with one attached hydrogen (secondary N) is 1. The Morgan fingerprint density at radius 1 is 1.35 bits per heavy atom. The maximum Gasteiger partial charge on any atom is 0.137 e. The zero-order valence-electron chi connectivity index (χ0n) is 10.5. The Morgan fingerprint density at radius 3 is 2.82 bits per heavy atom. The minimum absolute atomic E-state index is 0.0365. The van der Waals surface area contributed by atoms with Gasteiger partial charge in [0, 0.05) is 25.5 Å². The quantitative estimate of drug-likeness (QED) is 0.408. The molecule has 3 N–H and O–H groups in total. The molecule has 1 heterocycles. The van der Waals surface area contributed by atoms with Crippen molar-refractivity contribution in [2.24, 2.45) is 5.84 Å². The van der Waals surface area contributed by atoms with Gasteiger partial charge in [-0.05, 0) is 31.9 Å². The van der Waals surface area contributed by atoms with E-state index in [-0.39, 0.29) is 6.04 Å². The number of hydrogen-bond acceptors (Lipinski definition) is 5. The lowest BCUT2D eigenvalue weighted by molar-refractivity contribution is 0.136. The highest BCUT2D eigenvalue weighted by Gasteiger charge is 2.10. The predicted octanol–water partition coefficient (Wildman–Crippen LogP) is 1.41. The molecule has 5 nitrogen and oxygen atoms in total. The molecule has 1 atom stereocenters. The predicted molar refractivity (Wildman–Crippen MR) is 66.6 cm³/mol. The second kappa shape index (κ2) is 8.00. The molecule has 0 aliphatic carbocycles. The second-order valence-electron chi connectivity index (χ2n) is 3.59. The Kier molecular flexibility index (Phi) is 6.54. The fraction of sp³-hybridized carbons (Fsp3) is 0.583. The molecule has 0 aliphatic rings. The summed E-state index contributed by atoms with van der Waals surface area (Å²) in [7, 11) is 0. The van der Waals surface area contributed by atoms with E-state index in [1.54, 1.807) is 12.4 Å². The van der Waals surface area contributed by atoms with Gasteiger partial charge >= 0.3 is 0 Å². The van der Waals surface area contributed by atoms with Gasteiger partial charge in [-0.3, -0.25) is 16.3 Å². The molecule has 0 aromatic carbocycles. The average molecular weight is 239 g/mol. The van der Waals surface area contributed by atoms with E-state index in [0.29, 0.717) is 19.8 Å². The van der Waals surface area contributed by atoms with Crippen LogP contribution in [-0.2, 0) is 4.74 Å². The zero-order chi connectivity index (χ0) is 12.5. The number of hydrazine groups is 1. The molecule has 0 spiro atoms. The van der Waals surface area contributed by atoms with Crippen molar-refractivity contribution >= 4 is 0 Å². The van der Waals surface area contributed by atoms with Crippen LogP contribution in [0.4, 0.5) is 0 Å². The van der Waals surface area contributed by atoms with Crippen LogP contribution in [0.15, 0.2) is 18.5 Å². The van der Waals surface area contributed by atoms with Gasteiger partial charge in [-0.25, -0.2) is 0 Å². The first-order valence-electron chi connectivity index (χ1n) is 5.93. The highest BCUT2D eigenvalue weighted by molar-refractivity contribution is 5.25. The van der Waals surface area contributed by atoms with E-state index < -0.39 is 0 Å². The van der Waals surface area contributed by atoms with Crippen LogP contribution in [0.3, 0.4) is 0 Å². The standard InChI is InChI=1S/C12H21N3O2/c1-3-16-6-5-12(15-13)10-7-11(17-4-2)9-14-8-10/h7-9,12,15H,3-6,13H2,1-2H3. The van der Waals surface area contributed by atoms with Gasteiger partial charge < -0.3 is 9.47 Å². The van der Waals surface area contributed by atoms with Crippen molar-refractivity contribution < 1.29 is 9.47 Å². The van der Waals surface area contributed by atoms with Gasteiger partial charge in [0.1, 0.15) is 5.75 Å². The molecule has 17 heavy (non-hydrogen) atoms. The van der Waals surface area contributed by atoms with Gasteiger partial charge in [0.25, 0.3) is 0 Å². The van der Waals surface area contributed by atoms with Gasteiger partial charge in [-0.2, -0.15) is 0 Å². The van der Waals surface area contributed by atoms with Crippen LogP contribution in [0.25, 0.3) is 0 Å². The third-order valence-corrected chi connectivity index (χ3v) is 2.40. The lowest BCUT2D eigenvalue weighted by Gasteiger charge is -2.16. The van der Waals surface area contributed by atoms with Crippen LogP contribution in [0, 0.1) is 0 Å². The van der Waals surface area contributed by atoms with Gasteiger partial charge in [-0.1, -0.05) is 0 Å². The summed E-state index contributed by atoms with van der Waals surface area (Å²) >= 11 is 0. The summed E-state index contributed by atoms with van der Waals surface area (Å²) < 4.78 is 10.7. The molecule has 96 valence electrons. The Balaban J connectivity index is 2.63. The Hall–Kier alpha value is -1.17. The fourth-order valence-corrected chi connectivity index (χ4v) is 1.56. The molecule has 0 amide bonds. The summed E-state index contributed by atoms with van der Waals surface area (Å²) in [5.74, 6) is 6.30. The van der Waals surface area contributed by atoms with Crippen molar-refractivity contribution in [3.63, 3.8) is 0 Å². The van der Waals surface area contributed by atoms with Crippen LogP contribution in [0.5, 0.6) is 5.75 Å². The van der Waals surface area contributed by atoms with Crippen molar-refractivity contribution in [3.8, 4) is 5.75 Å². The summed E-state index contributed by atoms with van der Waals surface area (Å²) in [6.07, 6.45) is 4.30. The van der Waals surface area contributed by atoms with E-state index in [1.165, 1.54) is 0 Å². The molecule has 0 radical (unpaired) electrons. The zero-order valence-corrected chi connectivity index (χ0v) is 10.5. The molecule has 0 bridgehead atoms. The fourth-order valence-electron chi connectivity index (χ4n) is 1.56. The summed E-state index contributed by atoms with van der Waals surface area (Å²) in [6.45, 7) is 5.94. The molecule has 0 saturated carbocycles. The van der Waals surface area contributed by atoms with Crippen molar-refractivity contribution in [3.05, 3.63) is 24.0 Å². The third kappa shape index (κ3) is 4.68. The first-order chi connectivity index (χ1) is 8.31. The smallest absolute Gasteiger partial charge is 0.137 e. The average Bonchev–Trinajstić information content (AvgIpc) is 2.35. The number of ether oxygens (including phenoxy) is 2. The van der Waals surface area contributed by atoms with Crippen LogP contribution >= 0.6 is 0 Å². The van der Waals surface area contributed by atoms with E-state index in [9.17, 15) is 0 Å². The minimum Gasteiger partial charge on any atom is -0.492 e. The SMILES string of the molecule is CCOCCC(NN)c1cncc(OCC)c1. The third-order valence-electron chi connectivity index (χ3n) is 2.40. The molecule has 0 saturated heterocycles. The summed E-state index contributed by atoms with van der Waals surface area (Å²) in [6, 6.07) is 1.99. The molecular weight excluding hydrogens is 218 g/mol. The minimum atomic E-state index is 0.0365. The molecule has 1 unspecified atom stereocenters. The second-order valence-corrected chi connectivity index (χ2v) is 3.59. The molecule has 0 fully saturated rings. The highest BCUT2D eigenvalue weighted by atomic mass is 16.5. The van der Waals surface area contributed by atoms with Gasteiger partial charge in [-0.15, -0.1) is 0 Å². The van der Waals surface area contributed by atoms with Crippen LogP contribution in [-0.4, -0.2) is 24.8 Å². The van der Waals surface area contributed by atoms with Crippen LogP contribution in [0.1, 0.15) is 31.9 Å². The van der Waals surface area contributed by atoms with Crippen LogP contribution < -0.4 is 16.0 Å². The van der Waals surface area contributed by atoms with Gasteiger partial charge in [0.05, 0.1) is 12.8 Å². The van der Waals surface area contributed by atoms with E-state index in [1.807, 2.05) is 19.9 Å². The Morgan fingerprint density at radius 2 is 2.18 bits per heavy atom. The Labute approximate surface area is 102 Å². The maximum atomic E-state index is 5.54. The van der Waals surface area contributed by atoms with Crippen molar-refractivity contribution in [2.75, 3.05) is 19.8 Å². The first kappa shape index (κ1) is 13.9. The number of pyridine rings is 1. The van der Waals surface area contributed by atoms with Crippen molar-refractivity contribution in [2.45, 2.75) is 26.3 Å². The molecule has 1 aromatic heterocycles. The van der Waals surface area contributed by atoms with Gasteiger partial charge in [0.15, 0.2) is 0 Å². The highest BCUT2D eigenvalue weighted by Crippen LogP contribution is 2.19. The van der Waals surface area contributed by atoms with Gasteiger partial charge in [0.2, 0.25) is 0 Å². The van der Waals surface area contributed by atoms with Crippen molar-refractivity contribution in [1.82, 2.24) is 10.4 Å². The summed E-state index contributed by atoms with van der Waals surface area (Å²) in [5.41, 5.74) is 3.78. The number of aromatic nitrogens is 1. The number of nitrogens with zero attached hydrogens (tertiary/aromatic N) is 1. The summed E-state index contributed by atoms with van der Waals surface area (Å²) in [4.78, 5) is 4.14.